The summed E-state index contributed by atoms with van der Waals surface area (Å²) >= 11 is 0. The number of rotatable bonds is 7. The van der Waals surface area contributed by atoms with Gasteiger partial charge >= 0.3 is 0 Å². The number of amides is 1. The van der Waals surface area contributed by atoms with Crippen LogP contribution in [0.5, 0.6) is 0 Å². The highest BCUT2D eigenvalue weighted by Crippen LogP contribution is 2.31. The van der Waals surface area contributed by atoms with Crippen LogP contribution in [0, 0.1) is 5.92 Å². The predicted molar refractivity (Wildman–Crippen MR) is 106 cm³/mol. The predicted octanol–water partition coefficient (Wildman–Crippen LogP) is 2.29. The smallest absolute Gasteiger partial charge is 0.234 e. The van der Waals surface area contributed by atoms with Crippen molar-refractivity contribution in [2.24, 2.45) is 5.92 Å². The summed E-state index contributed by atoms with van der Waals surface area (Å²) in [6, 6.07) is 14.6. The van der Waals surface area contributed by atoms with E-state index >= 15 is 0 Å². The first-order valence-corrected chi connectivity index (χ1v) is 9.94. The molecule has 1 aromatic carbocycles. The summed E-state index contributed by atoms with van der Waals surface area (Å²) in [5.74, 6) is 0.799. The van der Waals surface area contributed by atoms with Crippen LogP contribution in [0.2, 0.25) is 0 Å². The molecule has 0 saturated carbocycles. The number of carbonyl (C=O) groups is 1. The molecule has 3 fully saturated rings. The Morgan fingerprint density at radius 3 is 2.56 bits per heavy atom. The molecule has 1 unspecified atom stereocenters. The average molecular weight is 364 g/mol. The van der Waals surface area contributed by atoms with Crippen molar-refractivity contribution in [1.82, 2.24) is 20.1 Å². The Balaban J connectivity index is 1.42. The van der Waals surface area contributed by atoms with Crippen molar-refractivity contribution in [2.75, 3.05) is 26.2 Å². The number of hydrogen-bond acceptors (Lipinski definition) is 4. The van der Waals surface area contributed by atoms with Crippen LogP contribution in [-0.4, -0.2) is 52.9 Å². The van der Waals surface area contributed by atoms with E-state index in [-0.39, 0.29) is 5.91 Å². The fraction of sp³-hybridized carbons (Fsp3) is 0.455. The molecule has 0 radical (unpaired) electrons. The highest BCUT2D eigenvalue weighted by molar-refractivity contribution is 5.78. The lowest BCUT2D eigenvalue weighted by atomic mass is 9.83. The van der Waals surface area contributed by atoms with Gasteiger partial charge in [0, 0.05) is 38.1 Å². The Labute approximate surface area is 161 Å². The van der Waals surface area contributed by atoms with Crippen molar-refractivity contribution in [3.63, 3.8) is 0 Å². The van der Waals surface area contributed by atoms with E-state index in [1.807, 2.05) is 42.6 Å². The van der Waals surface area contributed by atoms with Crippen molar-refractivity contribution < 1.29 is 4.79 Å². The number of pyridine rings is 1. The van der Waals surface area contributed by atoms with Crippen molar-refractivity contribution in [1.29, 1.82) is 0 Å². The Morgan fingerprint density at radius 2 is 1.89 bits per heavy atom. The monoisotopic (exact) mass is 364 g/mol. The molecule has 142 valence electrons. The maximum absolute atomic E-state index is 12.7. The molecule has 3 aliphatic rings. The average Bonchev–Trinajstić information content (AvgIpc) is 2.74. The van der Waals surface area contributed by atoms with Crippen LogP contribution in [-0.2, 0) is 17.9 Å². The zero-order valence-corrected chi connectivity index (χ0v) is 15.8. The quantitative estimate of drug-likeness (QED) is 0.819. The first-order chi connectivity index (χ1) is 13.3. The van der Waals surface area contributed by atoms with Crippen molar-refractivity contribution >= 4 is 5.91 Å². The van der Waals surface area contributed by atoms with Gasteiger partial charge in [0.1, 0.15) is 0 Å². The number of aromatic nitrogens is 1. The van der Waals surface area contributed by atoms with Crippen LogP contribution < -0.4 is 5.32 Å². The van der Waals surface area contributed by atoms with E-state index in [0.717, 1.165) is 18.7 Å². The molecule has 3 aliphatic heterocycles. The molecule has 1 amide bonds. The lowest BCUT2D eigenvalue weighted by molar-refractivity contribution is -0.124. The second kappa shape index (κ2) is 8.63. The van der Waals surface area contributed by atoms with Crippen LogP contribution in [0.1, 0.15) is 24.0 Å². The third-order valence-corrected chi connectivity index (χ3v) is 5.88. The maximum Gasteiger partial charge on any atom is 0.234 e. The molecule has 1 aromatic heterocycles. The molecule has 3 saturated heterocycles. The molecule has 5 heteroatoms. The Morgan fingerprint density at radius 1 is 1.11 bits per heavy atom. The minimum atomic E-state index is 0.0965. The second-order valence-electron chi connectivity index (χ2n) is 7.73. The number of hydrogen-bond donors (Lipinski definition) is 1. The van der Waals surface area contributed by atoms with Gasteiger partial charge in [-0.05, 0) is 49.0 Å². The van der Waals surface area contributed by atoms with Gasteiger partial charge in [-0.2, -0.15) is 0 Å². The number of benzene rings is 1. The molecule has 5 nitrogen and oxygen atoms in total. The summed E-state index contributed by atoms with van der Waals surface area (Å²) in [6.45, 7) is 5.31. The van der Waals surface area contributed by atoms with E-state index in [1.54, 1.807) is 6.20 Å². The topological polar surface area (TPSA) is 48.5 Å². The van der Waals surface area contributed by atoms with Gasteiger partial charge in [-0.1, -0.05) is 36.4 Å². The number of nitrogens with one attached hydrogen (secondary N) is 1. The summed E-state index contributed by atoms with van der Waals surface area (Å²) in [5.41, 5.74) is 2.30. The van der Waals surface area contributed by atoms with Gasteiger partial charge in [-0.3, -0.25) is 14.7 Å². The molecule has 0 aliphatic carbocycles. The third kappa shape index (κ3) is 4.73. The van der Waals surface area contributed by atoms with Gasteiger partial charge in [0.2, 0.25) is 5.91 Å². The summed E-state index contributed by atoms with van der Waals surface area (Å²) in [5, 5.41) is 3.09. The number of carbonyl (C=O) groups excluding carboxylic acids is 1. The second-order valence-corrected chi connectivity index (χ2v) is 7.73. The Bertz CT molecular complexity index is 728. The van der Waals surface area contributed by atoms with Gasteiger partial charge in [0.15, 0.2) is 0 Å². The van der Waals surface area contributed by atoms with Crippen LogP contribution in [0.4, 0.5) is 0 Å². The zero-order valence-electron chi connectivity index (χ0n) is 15.8. The Kier molecular flexibility index (Phi) is 5.80. The van der Waals surface area contributed by atoms with Gasteiger partial charge < -0.3 is 10.2 Å². The van der Waals surface area contributed by atoms with Crippen LogP contribution >= 0.6 is 0 Å². The van der Waals surface area contributed by atoms with Gasteiger partial charge in [-0.25, -0.2) is 0 Å². The molecule has 1 atom stereocenters. The fourth-order valence-electron chi connectivity index (χ4n) is 4.40. The van der Waals surface area contributed by atoms with E-state index in [2.05, 4.69) is 26.2 Å². The molecule has 27 heavy (non-hydrogen) atoms. The summed E-state index contributed by atoms with van der Waals surface area (Å²) < 4.78 is 0. The standard InChI is InChI=1S/C22H28N4O/c27-22(24-14-18-5-2-1-3-6-18)17-26(15-19-7-4-10-23-13-19)21-16-25-11-8-20(21)9-12-25/h1-7,10,13,20-21H,8-9,11-12,14-17H2,(H,24,27). The minimum Gasteiger partial charge on any atom is -0.351 e. The lowest BCUT2D eigenvalue weighted by Crippen LogP contribution is -2.58. The van der Waals surface area contributed by atoms with Crippen molar-refractivity contribution in [3.05, 3.63) is 66.0 Å². The van der Waals surface area contributed by atoms with Crippen LogP contribution in [0.15, 0.2) is 54.9 Å². The van der Waals surface area contributed by atoms with E-state index in [4.69, 9.17) is 0 Å². The lowest BCUT2D eigenvalue weighted by Gasteiger charge is -2.49. The maximum atomic E-state index is 12.7. The van der Waals surface area contributed by atoms with E-state index < -0.39 is 0 Å². The first-order valence-electron chi connectivity index (χ1n) is 9.94. The first kappa shape index (κ1) is 18.1. The van der Waals surface area contributed by atoms with Gasteiger partial charge in [0.25, 0.3) is 0 Å². The Hall–Kier alpha value is -2.24. The largest absolute Gasteiger partial charge is 0.351 e. The van der Waals surface area contributed by atoms with Crippen molar-refractivity contribution in [3.8, 4) is 0 Å². The van der Waals surface area contributed by atoms with Crippen LogP contribution in [0.3, 0.4) is 0 Å². The molecule has 5 rings (SSSR count). The minimum absolute atomic E-state index is 0.0965. The van der Waals surface area contributed by atoms with E-state index in [1.165, 1.54) is 31.5 Å². The molecule has 2 bridgehead atoms. The molecule has 4 heterocycles. The van der Waals surface area contributed by atoms with E-state index in [0.29, 0.717) is 25.0 Å². The van der Waals surface area contributed by atoms with E-state index in [9.17, 15) is 4.79 Å². The highest BCUT2D eigenvalue weighted by Gasteiger charge is 2.37. The number of piperidine rings is 3. The molecular formula is C22H28N4O. The molecule has 2 aromatic rings. The normalized spacial score (nSPS) is 24.1. The third-order valence-electron chi connectivity index (χ3n) is 5.88. The van der Waals surface area contributed by atoms with Crippen LogP contribution in [0.25, 0.3) is 0 Å². The SMILES string of the molecule is O=C(CN(Cc1cccnc1)C1CN2CCC1CC2)NCc1ccccc1. The number of fused-ring (bicyclic) bond motifs is 3. The summed E-state index contributed by atoms with van der Waals surface area (Å²) in [7, 11) is 0. The summed E-state index contributed by atoms with van der Waals surface area (Å²) in [6.07, 6.45) is 6.21. The fourth-order valence-corrected chi connectivity index (χ4v) is 4.40. The molecule has 0 spiro atoms. The summed E-state index contributed by atoms with van der Waals surface area (Å²) in [4.78, 5) is 21.8. The van der Waals surface area contributed by atoms with Gasteiger partial charge in [-0.15, -0.1) is 0 Å². The zero-order chi connectivity index (χ0) is 18.5. The van der Waals surface area contributed by atoms with Gasteiger partial charge in [0.05, 0.1) is 6.54 Å². The molecule has 1 N–H and O–H groups in total. The van der Waals surface area contributed by atoms with Crippen molar-refractivity contribution in [2.45, 2.75) is 32.0 Å². The highest BCUT2D eigenvalue weighted by atomic mass is 16.2. The molecular weight excluding hydrogens is 336 g/mol. The number of nitrogens with zero attached hydrogens (tertiary/aromatic N) is 3.